The van der Waals surface area contributed by atoms with E-state index in [0.717, 1.165) is 16.2 Å². The second-order valence-electron chi connectivity index (χ2n) is 5.43. The molecule has 1 aromatic carbocycles. The van der Waals surface area contributed by atoms with Gasteiger partial charge in [0, 0.05) is 23.0 Å². The van der Waals surface area contributed by atoms with Crippen molar-refractivity contribution in [2.75, 3.05) is 13.1 Å². The highest BCUT2D eigenvalue weighted by molar-refractivity contribution is 9.11. The molecule has 27 heavy (non-hydrogen) atoms. The first-order chi connectivity index (χ1) is 12.7. The van der Waals surface area contributed by atoms with Crippen molar-refractivity contribution in [3.63, 3.8) is 0 Å². The number of thioether (sulfide) groups is 1. The minimum absolute atomic E-state index is 0.0126. The van der Waals surface area contributed by atoms with Crippen molar-refractivity contribution >= 4 is 84.0 Å². The van der Waals surface area contributed by atoms with Crippen LogP contribution in [0, 0.1) is 0 Å². The average Bonchev–Trinajstić information content (AvgIpc) is 2.84. The maximum atomic E-state index is 12.6. The van der Waals surface area contributed by atoms with Gasteiger partial charge in [-0.05, 0) is 40.6 Å². The van der Waals surface area contributed by atoms with Crippen LogP contribution in [0.4, 0.5) is 0 Å². The normalized spacial score (nSPS) is 15.5. The topological polar surface area (TPSA) is 107 Å². The molecule has 0 spiro atoms. The third-order valence-electron chi connectivity index (χ3n) is 3.44. The maximum absolute atomic E-state index is 12.6. The summed E-state index contributed by atoms with van der Waals surface area (Å²) in [7, 11) is 0. The number of hydrogen-bond donors (Lipinski definition) is 3. The lowest BCUT2D eigenvalue weighted by molar-refractivity contribution is -0.137. The SMILES string of the molecule is O=C(O)CNC(=O)CCCN1C(=O)/C(=C/c2cc(Br)cc(Br)c2O)SC1=S. The van der Waals surface area contributed by atoms with Gasteiger partial charge in [-0.1, -0.05) is 39.9 Å². The summed E-state index contributed by atoms with van der Waals surface area (Å²) in [5, 5.41) is 20.9. The molecule has 0 radical (unpaired) electrons. The Bertz CT molecular complexity index is 844. The fourth-order valence-electron chi connectivity index (χ4n) is 2.19. The molecule has 0 saturated carbocycles. The molecular weight excluding hydrogens is 524 g/mol. The van der Waals surface area contributed by atoms with Crippen molar-refractivity contribution in [3.05, 3.63) is 31.5 Å². The summed E-state index contributed by atoms with van der Waals surface area (Å²) in [5.74, 6) is -1.81. The number of nitrogens with one attached hydrogen (secondary N) is 1. The molecule has 144 valence electrons. The molecule has 1 saturated heterocycles. The molecule has 0 aromatic heterocycles. The van der Waals surface area contributed by atoms with Crippen molar-refractivity contribution in [3.8, 4) is 5.75 Å². The lowest BCUT2D eigenvalue weighted by Crippen LogP contribution is -2.32. The standard InChI is InChI=1S/C16H14Br2N2O5S2/c17-9-4-8(14(24)10(18)6-9)5-11-15(25)20(16(26)27-11)3-1-2-12(21)19-7-13(22)23/h4-6,24H,1-3,7H2,(H,19,21)(H,22,23)/b11-5-. The van der Waals surface area contributed by atoms with E-state index in [2.05, 4.69) is 37.2 Å². The van der Waals surface area contributed by atoms with Crippen molar-refractivity contribution in [2.45, 2.75) is 12.8 Å². The first-order valence-electron chi connectivity index (χ1n) is 7.61. The van der Waals surface area contributed by atoms with Gasteiger partial charge in [0.05, 0.1) is 9.38 Å². The molecule has 7 nitrogen and oxygen atoms in total. The first-order valence-corrected chi connectivity index (χ1v) is 10.4. The van der Waals surface area contributed by atoms with Crippen LogP contribution >= 0.6 is 55.8 Å². The molecule has 2 amide bonds. The Balaban J connectivity index is 2.01. The Morgan fingerprint density at radius 3 is 2.70 bits per heavy atom. The highest BCUT2D eigenvalue weighted by atomic mass is 79.9. The van der Waals surface area contributed by atoms with Crippen molar-refractivity contribution < 1.29 is 24.6 Å². The van der Waals surface area contributed by atoms with Gasteiger partial charge in [0.2, 0.25) is 5.91 Å². The van der Waals surface area contributed by atoms with Gasteiger partial charge in [0.1, 0.15) is 16.6 Å². The Labute approximate surface area is 181 Å². The largest absolute Gasteiger partial charge is 0.506 e. The summed E-state index contributed by atoms with van der Waals surface area (Å²) in [4.78, 5) is 36.3. The van der Waals surface area contributed by atoms with Crippen LogP contribution in [0.1, 0.15) is 18.4 Å². The van der Waals surface area contributed by atoms with Crippen LogP contribution in [0.2, 0.25) is 0 Å². The van der Waals surface area contributed by atoms with E-state index >= 15 is 0 Å². The summed E-state index contributed by atoms with van der Waals surface area (Å²) >= 11 is 12.9. The number of phenolic OH excluding ortho intramolecular Hbond substituents is 1. The molecule has 2 rings (SSSR count). The van der Waals surface area contributed by atoms with E-state index < -0.39 is 18.4 Å². The lowest BCUT2D eigenvalue weighted by Gasteiger charge is -2.13. The number of carboxylic acids is 1. The molecule has 0 unspecified atom stereocenters. The fourth-order valence-corrected chi connectivity index (χ4v) is 4.75. The number of hydrogen-bond acceptors (Lipinski definition) is 6. The summed E-state index contributed by atoms with van der Waals surface area (Å²) in [6, 6.07) is 3.37. The molecule has 1 aliphatic rings. The Kier molecular flexibility index (Phi) is 7.83. The minimum atomic E-state index is -1.12. The molecule has 1 heterocycles. The van der Waals surface area contributed by atoms with Crippen molar-refractivity contribution in [1.82, 2.24) is 10.2 Å². The number of nitrogens with zero attached hydrogens (tertiary/aromatic N) is 1. The summed E-state index contributed by atoms with van der Waals surface area (Å²) < 4.78 is 1.60. The molecule has 1 fully saturated rings. The maximum Gasteiger partial charge on any atom is 0.322 e. The van der Waals surface area contributed by atoms with Gasteiger partial charge in [-0.25, -0.2) is 0 Å². The predicted octanol–water partition coefficient (Wildman–Crippen LogP) is 3.10. The lowest BCUT2D eigenvalue weighted by atomic mass is 10.2. The molecule has 1 aromatic rings. The van der Waals surface area contributed by atoms with Gasteiger partial charge in [0.15, 0.2) is 0 Å². The second kappa shape index (κ2) is 9.67. The summed E-state index contributed by atoms with van der Waals surface area (Å²) in [5.41, 5.74) is 0.463. The molecular formula is C16H14Br2N2O5S2. The molecule has 11 heteroatoms. The smallest absolute Gasteiger partial charge is 0.322 e. The zero-order valence-electron chi connectivity index (χ0n) is 13.7. The molecule has 3 N–H and O–H groups in total. The number of phenols is 1. The highest BCUT2D eigenvalue weighted by Crippen LogP contribution is 2.37. The van der Waals surface area contributed by atoms with E-state index in [1.54, 1.807) is 18.2 Å². The third-order valence-corrected chi connectivity index (χ3v) is 5.88. The van der Waals surface area contributed by atoms with Crippen molar-refractivity contribution in [2.24, 2.45) is 0 Å². The number of benzene rings is 1. The van der Waals surface area contributed by atoms with E-state index in [-0.39, 0.29) is 24.6 Å². The van der Waals surface area contributed by atoms with Crippen LogP contribution in [-0.2, 0) is 14.4 Å². The number of amides is 2. The Morgan fingerprint density at radius 2 is 2.04 bits per heavy atom. The zero-order valence-corrected chi connectivity index (χ0v) is 18.5. The number of aromatic hydroxyl groups is 1. The second-order valence-corrected chi connectivity index (χ2v) is 8.88. The van der Waals surface area contributed by atoms with E-state index in [0.29, 0.717) is 25.7 Å². The molecule has 0 atom stereocenters. The van der Waals surface area contributed by atoms with Crippen LogP contribution in [-0.4, -0.2) is 50.3 Å². The average molecular weight is 538 g/mol. The van der Waals surface area contributed by atoms with Crippen LogP contribution in [0.15, 0.2) is 26.0 Å². The van der Waals surface area contributed by atoms with E-state index in [1.165, 1.54) is 4.90 Å². The first kappa shape index (κ1) is 21.9. The van der Waals surface area contributed by atoms with Crippen LogP contribution in [0.25, 0.3) is 6.08 Å². The van der Waals surface area contributed by atoms with Gasteiger partial charge in [-0.2, -0.15) is 0 Å². The highest BCUT2D eigenvalue weighted by Gasteiger charge is 2.32. The number of rotatable bonds is 7. The number of halogens is 2. The van der Waals surface area contributed by atoms with Crippen LogP contribution in [0.5, 0.6) is 5.75 Å². The van der Waals surface area contributed by atoms with Gasteiger partial charge in [-0.3, -0.25) is 19.3 Å². The number of aliphatic carboxylic acids is 1. The van der Waals surface area contributed by atoms with Crippen LogP contribution < -0.4 is 5.32 Å². The van der Waals surface area contributed by atoms with Gasteiger partial charge >= 0.3 is 5.97 Å². The molecule has 0 aliphatic carbocycles. The van der Waals surface area contributed by atoms with Crippen LogP contribution in [0.3, 0.4) is 0 Å². The number of carbonyl (C=O) groups excluding carboxylic acids is 2. The monoisotopic (exact) mass is 536 g/mol. The quantitative estimate of drug-likeness (QED) is 0.362. The van der Waals surface area contributed by atoms with Gasteiger partial charge < -0.3 is 15.5 Å². The fraction of sp³-hybridized carbons (Fsp3) is 0.250. The third kappa shape index (κ3) is 6.03. The Hall–Kier alpha value is -1.43. The molecule has 0 bridgehead atoms. The van der Waals surface area contributed by atoms with Crippen molar-refractivity contribution in [1.29, 1.82) is 0 Å². The molecule has 1 aliphatic heterocycles. The van der Waals surface area contributed by atoms with E-state index in [4.69, 9.17) is 17.3 Å². The summed E-state index contributed by atoms with van der Waals surface area (Å²) in [6.07, 6.45) is 1.99. The number of thiocarbonyl (C=S) groups is 1. The van der Waals surface area contributed by atoms with E-state index in [1.807, 2.05) is 0 Å². The minimum Gasteiger partial charge on any atom is -0.506 e. The number of carboxylic acid groups (broad SMARTS) is 1. The number of carbonyl (C=O) groups is 3. The zero-order chi connectivity index (χ0) is 20.1. The van der Waals surface area contributed by atoms with Gasteiger partial charge in [-0.15, -0.1) is 0 Å². The Morgan fingerprint density at radius 1 is 1.33 bits per heavy atom. The van der Waals surface area contributed by atoms with E-state index in [9.17, 15) is 19.5 Å². The summed E-state index contributed by atoms with van der Waals surface area (Å²) in [6.45, 7) is -0.190. The van der Waals surface area contributed by atoms with Gasteiger partial charge in [0.25, 0.3) is 5.91 Å². The predicted molar refractivity (Wildman–Crippen MR) is 113 cm³/mol.